The highest BCUT2D eigenvalue weighted by Gasteiger charge is 2.68. The van der Waals surface area contributed by atoms with E-state index >= 15 is 0 Å². The molecule has 8 bridgehead atoms. The number of cyclic esters (lactones) is 4. The van der Waals surface area contributed by atoms with Crippen LogP contribution < -0.4 is 0 Å². The molecule has 8 saturated carbocycles. The summed E-state index contributed by atoms with van der Waals surface area (Å²) in [5.74, 6) is 2.39. The summed E-state index contributed by atoms with van der Waals surface area (Å²) in [5.41, 5.74) is -1.81. The average molecular weight is 1150 g/mol. The maximum Gasteiger partial charge on any atom is 0.311 e. The summed E-state index contributed by atoms with van der Waals surface area (Å²) >= 11 is 0. The van der Waals surface area contributed by atoms with Gasteiger partial charge < -0.3 is 47.4 Å². The first kappa shape index (κ1) is 62.2. The molecule has 0 amide bonds. The van der Waals surface area contributed by atoms with Gasteiger partial charge in [0.05, 0.1) is 84.0 Å². The van der Waals surface area contributed by atoms with Gasteiger partial charge in [-0.15, -0.1) is 0 Å². The lowest BCUT2D eigenvalue weighted by molar-refractivity contribution is -0.176. The van der Waals surface area contributed by atoms with Crippen LogP contribution in [0.2, 0.25) is 0 Å². The molecule has 23 unspecified atom stereocenters. The van der Waals surface area contributed by atoms with Crippen molar-refractivity contribution in [2.75, 3.05) is 40.1 Å². The molecule has 12 fully saturated rings. The second kappa shape index (κ2) is 23.5. The molecule has 18 nitrogen and oxygen atoms in total. The molecule has 8 aliphatic carbocycles. The standard InChI is InChI=1S/C17H26O5.C16H24O5.C16H24O4.C15H22O4/c1-5-17(3,4)16(19)22-14-9-7-10(13(14)20-6-2)12-11(9)8-21-15(12)18;1-5-16(2,3)15(18)21-13-8-6-9(12(13)19-4)11-10(8)7-20-14(11)17;1-5-16(3,4)15(18)20-13-8(2)9-6-10(13)11-7-19-14(17)12(9)11;1-4-15(2,3)14(17)19-11-6-8-5-9(11)10-7-18-13(16)12(8)10/h9-14H,5-8H2,1-4H3;8-13H,5-7H2,1-4H3;8-13H,5-7H2,1-4H3;8-12H,4-7H2,1-3H3. The Kier molecular flexibility index (Phi) is 17.8. The van der Waals surface area contributed by atoms with Crippen LogP contribution in [0, 0.1) is 122 Å². The molecule has 4 heterocycles. The first-order valence-corrected chi connectivity index (χ1v) is 31.3. The van der Waals surface area contributed by atoms with Crippen molar-refractivity contribution in [3.05, 3.63) is 0 Å². The lowest BCUT2D eigenvalue weighted by Crippen LogP contribution is -2.47. The Morgan fingerprint density at radius 3 is 1.16 bits per heavy atom. The molecular weight excluding hydrogens is 1060 g/mol. The van der Waals surface area contributed by atoms with Crippen molar-refractivity contribution >= 4 is 47.8 Å². The van der Waals surface area contributed by atoms with Crippen molar-refractivity contribution in [2.24, 2.45) is 122 Å². The SMILES string of the molecule is CCC(C)(C)C(=O)OC1C(C)C2CC1C1COC(=O)C21.CCC(C)(C)C(=O)OC1C2CC(C1OC)C1C(=O)OCC21.CCC(C)(C)C(=O)OC1CC2CC1C1COC(=O)C21.CCOC1C2CC(C3COC(=O)C32)C1OC(=O)C(C)(C)CC. The molecule has 0 spiro atoms. The van der Waals surface area contributed by atoms with Gasteiger partial charge in [-0.2, -0.15) is 0 Å². The van der Waals surface area contributed by atoms with E-state index in [9.17, 15) is 38.4 Å². The summed E-state index contributed by atoms with van der Waals surface area (Å²) in [7, 11) is 1.63. The fourth-order valence-corrected chi connectivity index (χ4v) is 16.6. The van der Waals surface area contributed by atoms with Crippen molar-refractivity contribution < 1.29 is 85.7 Å². The van der Waals surface area contributed by atoms with E-state index in [4.69, 9.17) is 47.4 Å². The number of rotatable bonds is 15. The number of hydrogen-bond donors (Lipinski definition) is 0. The van der Waals surface area contributed by atoms with E-state index in [2.05, 4.69) is 6.92 Å². The van der Waals surface area contributed by atoms with Crippen LogP contribution in [0.5, 0.6) is 0 Å². The summed E-state index contributed by atoms with van der Waals surface area (Å²) in [6.45, 7) is 29.9. The number of ether oxygens (including phenoxy) is 10. The predicted molar refractivity (Wildman–Crippen MR) is 294 cm³/mol. The summed E-state index contributed by atoms with van der Waals surface area (Å²) in [4.78, 5) is 96.5. The van der Waals surface area contributed by atoms with Crippen molar-refractivity contribution in [3.8, 4) is 0 Å². The number of carbonyl (C=O) groups is 8. The second-order valence-corrected chi connectivity index (χ2v) is 28.8. The zero-order chi connectivity index (χ0) is 59.9. The highest BCUT2D eigenvalue weighted by Crippen LogP contribution is 2.61. The molecule has 4 aliphatic heterocycles. The quantitative estimate of drug-likeness (QED) is 0.110. The van der Waals surface area contributed by atoms with E-state index in [1.165, 1.54) is 0 Å². The predicted octanol–water partition coefficient (Wildman–Crippen LogP) is 8.54. The fraction of sp³-hybridized carbons (Fsp3) is 0.875. The number of carbonyl (C=O) groups excluding carboxylic acids is 8. The van der Waals surface area contributed by atoms with Crippen LogP contribution in [0.4, 0.5) is 0 Å². The van der Waals surface area contributed by atoms with Gasteiger partial charge >= 0.3 is 47.8 Å². The molecule has 23 atom stereocenters. The number of methoxy groups -OCH3 is 1. The average Bonchev–Trinajstić information content (AvgIpc) is 4.39. The summed E-state index contributed by atoms with van der Waals surface area (Å²) in [6, 6.07) is 0. The second-order valence-electron chi connectivity index (χ2n) is 28.8. The van der Waals surface area contributed by atoms with Crippen LogP contribution in [-0.4, -0.2) is 125 Å². The third-order valence-electron chi connectivity index (χ3n) is 23.2. The molecule has 0 radical (unpaired) electrons. The summed E-state index contributed by atoms with van der Waals surface area (Å²) in [5, 5.41) is 0. The third-order valence-corrected chi connectivity index (χ3v) is 23.2. The van der Waals surface area contributed by atoms with Gasteiger partial charge in [0, 0.05) is 72.9 Å². The summed E-state index contributed by atoms with van der Waals surface area (Å²) in [6.07, 6.45) is 6.83. The smallest absolute Gasteiger partial charge is 0.311 e. The Morgan fingerprint density at radius 1 is 0.402 bits per heavy atom. The van der Waals surface area contributed by atoms with E-state index < -0.39 is 21.7 Å². The minimum absolute atomic E-state index is 0.000856. The molecule has 460 valence electrons. The molecule has 0 aromatic carbocycles. The van der Waals surface area contributed by atoms with Crippen LogP contribution in [0.3, 0.4) is 0 Å². The lowest BCUT2D eigenvalue weighted by Gasteiger charge is -2.36. The van der Waals surface area contributed by atoms with Gasteiger partial charge in [0.25, 0.3) is 0 Å². The van der Waals surface area contributed by atoms with Gasteiger partial charge in [-0.3, -0.25) is 38.4 Å². The largest absolute Gasteiger partial charge is 0.465 e. The van der Waals surface area contributed by atoms with Gasteiger partial charge in [-0.05, 0) is 138 Å². The van der Waals surface area contributed by atoms with Crippen LogP contribution in [0.1, 0.15) is 155 Å². The van der Waals surface area contributed by atoms with Crippen LogP contribution in [0.25, 0.3) is 0 Å². The Labute approximate surface area is 485 Å². The maximum absolute atomic E-state index is 12.5. The fourth-order valence-electron chi connectivity index (χ4n) is 16.6. The molecule has 0 N–H and O–H groups in total. The van der Waals surface area contributed by atoms with Gasteiger partial charge in [-0.1, -0.05) is 34.6 Å². The highest BCUT2D eigenvalue weighted by atomic mass is 16.6. The van der Waals surface area contributed by atoms with Gasteiger partial charge in [0.15, 0.2) is 0 Å². The summed E-state index contributed by atoms with van der Waals surface area (Å²) < 4.78 is 55.5. The monoisotopic (exact) mass is 1150 g/mol. The number of fused-ring (bicyclic) bond motifs is 20. The Hall–Kier alpha value is -4.32. The van der Waals surface area contributed by atoms with Crippen molar-refractivity contribution in [2.45, 2.75) is 191 Å². The van der Waals surface area contributed by atoms with E-state index in [1.807, 2.05) is 90.0 Å². The van der Waals surface area contributed by atoms with E-state index in [0.717, 1.165) is 57.8 Å². The zero-order valence-corrected chi connectivity index (χ0v) is 51.5. The first-order chi connectivity index (χ1) is 38.6. The molecule has 18 heteroatoms. The zero-order valence-electron chi connectivity index (χ0n) is 51.5. The van der Waals surface area contributed by atoms with Crippen LogP contribution >= 0.6 is 0 Å². The minimum atomic E-state index is -0.486. The van der Waals surface area contributed by atoms with Crippen molar-refractivity contribution in [1.29, 1.82) is 0 Å². The van der Waals surface area contributed by atoms with Crippen LogP contribution in [-0.2, 0) is 85.7 Å². The minimum Gasteiger partial charge on any atom is -0.465 e. The third kappa shape index (κ3) is 10.9. The Balaban J connectivity index is 0.000000132. The van der Waals surface area contributed by atoms with E-state index in [-0.39, 0.29) is 161 Å². The van der Waals surface area contributed by atoms with Gasteiger partial charge in [-0.25, -0.2) is 0 Å². The Bertz CT molecular complexity index is 2450. The maximum atomic E-state index is 12.5. The molecule has 4 saturated heterocycles. The highest BCUT2D eigenvalue weighted by molar-refractivity contribution is 5.80. The normalized spacial score (nSPS) is 40.8. The number of esters is 8. The van der Waals surface area contributed by atoms with Crippen molar-refractivity contribution in [3.63, 3.8) is 0 Å². The molecule has 0 aromatic rings. The topological polar surface area (TPSA) is 229 Å². The molecule has 0 aromatic heterocycles. The van der Waals surface area contributed by atoms with Crippen molar-refractivity contribution in [1.82, 2.24) is 0 Å². The number of hydrogen-bond acceptors (Lipinski definition) is 18. The molecule has 12 rings (SSSR count). The van der Waals surface area contributed by atoms with E-state index in [1.54, 1.807) is 7.11 Å². The molecular formula is C64H96O18. The van der Waals surface area contributed by atoms with Crippen LogP contribution in [0.15, 0.2) is 0 Å². The lowest BCUT2D eigenvalue weighted by atomic mass is 9.74. The first-order valence-electron chi connectivity index (χ1n) is 31.3. The van der Waals surface area contributed by atoms with Gasteiger partial charge in [0.2, 0.25) is 0 Å². The molecule has 12 aliphatic rings. The van der Waals surface area contributed by atoms with Gasteiger partial charge in [0.1, 0.15) is 24.4 Å². The van der Waals surface area contributed by atoms with E-state index in [0.29, 0.717) is 56.7 Å². The Morgan fingerprint density at radius 2 is 0.744 bits per heavy atom. The molecule has 82 heavy (non-hydrogen) atoms.